The third-order valence-corrected chi connectivity index (χ3v) is 6.12. The third-order valence-electron chi connectivity index (χ3n) is 5.26. The SMILES string of the molecule is Cc1sccc1[C@@H]1CCc2c(C(=O)N(C)C)cc3c(nc(C)n3C)c2O1. The minimum atomic E-state index is 0.00997. The molecule has 0 radical (unpaired) electrons. The molecule has 0 spiro atoms. The van der Waals surface area contributed by atoms with Crippen LogP contribution in [-0.4, -0.2) is 34.5 Å². The molecular weight excluding hydrogens is 346 g/mol. The number of benzene rings is 1. The molecule has 1 aliphatic rings. The van der Waals surface area contributed by atoms with Crippen LogP contribution in [0.25, 0.3) is 11.0 Å². The summed E-state index contributed by atoms with van der Waals surface area (Å²) in [5, 5.41) is 2.11. The van der Waals surface area contributed by atoms with E-state index in [0.29, 0.717) is 0 Å². The number of ether oxygens (including phenoxy) is 1. The second-order valence-corrected chi connectivity index (χ2v) is 8.21. The third kappa shape index (κ3) is 2.51. The van der Waals surface area contributed by atoms with E-state index in [1.807, 2.05) is 24.6 Å². The second kappa shape index (κ2) is 6.13. The highest BCUT2D eigenvalue weighted by Gasteiger charge is 2.30. The Morgan fingerprint density at radius 2 is 2.15 bits per heavy atom. The number of nitrogens with zero attached hydrogens (tertiary/aromatic N) is 3. The van der Waals surface area contributed by atoms with Crippen LogP contribution in [0.5, 0.6) is 5.75 Å². The number of thiophene rings is 1. The second-order valence-electron chi connectivity index (χ2n) is 7.09. The first-order chi connectivity index (χ1) is 12.4. The average molecular weight is 369 g/mol. The molecule has 1 atom stereocenters. The monoisotopic (exact) mass is 369 g/mol. The topological polar surface area (TPSA) is 47.4 Å². The Morgan fingerprint density at radius 3 is 2.81 bits per heavy atom. The number of amides is 1. The van der Waals surface area contributed by atoms with Gasteiger partial charge in [-0.1, -0.05) is 0 Å². The molecule has 1 aliphatic heterocycles. The maximum absolute atomic E-state index is 12.8. The number of rotatable bonds is 2. The van der Waals surface area contributed by atoms with Crippen molar-refractivity contribution in [2.45, 2.75) is 32.8 Å². The number of hydrogen-bond acceptors (Lipinski definition) is 4. The quantitative estimate of drug-likeness (QED) is 0.685. The summed E-state index contributed by atoms with van der Waals surface area (Å²) >= 11 is 1.74. The van der Waals surface area contributed by atoms with Gasteiger partial charge in [0.1, 0.15) is 17.4 Å². The van der Waals surface area contributed by atoms with E-state index in [0.717, 1.165) is 46.6 Å². The van der Waals surface area contributed by atoms with E-state index >= 15 is 0 Å². The average Bonchev–Trinajstić information content (AvgIpc) is 3.17. The van der Waals surface area contributed by atoms with Crippen LogP contribution < -0.4 is 4.74 Å². The zero-order valence-corrected chi connectivity index (χ0v) is 16.6. The normalized spacial score (nSPS) is 16.4. The molecule has 26 heavy (non-hydrogen) atoms. The molecule has 3 aromatic rings. The van der Waals surface area contributed by atoms with Crippen molar-refractivity contribution in [3.63, 3.8) is 0 Å². The van der Waals surface area contributed by atoms with Crippen molar-refractivity contribution in [3.8, 4) is 5.75 Å². The maximum Gasteiger partial charge on any atom is 0.253 e. The highest BCUT2D eigenvalue weighted by molar-refractivity contribution is 7.10. The number of fused-ring (bicyclic) bond motifs is 3. The summed E-state index contributed by atoms with van der Waals surface area (Å²) in [5.41, 5.74) is 4.74. The van der Waals surface area contributed by atoms with Gasteiger partial charge >= 0.3 is 0 Å². The van der Waals surface area contributed by atoms with Crippen LogP contribution in [0.2, 0.25) is 0 Å². The Bertz CT molecular complexity index is 1020. The highest BCUT2D eigenvalue weighted by Crippen LogP contribution is 2.43. The molecule has 6 heteroatoms. The van der Waals surface area contributed by atoms with Crippen molar-refractivity contribution in [3.05, 3.63) is 44.9 Å². The number of aromatic nitrogens is 2. The van der Waals surface area contributed by atoms with Crippen LogP contribution in [0.15, 0.2) is 17.5 Å². The van der Waals surface area contributed by atoms with E-state index in [1.165, 1.54) is 10.4 Å². The minimum Gasteiger partial charge on any atom is -0.483 e. The molecular formula is C20H23N3O2S. The molecule has 0 bridgehead atoms. The van der Waals surface area contributed by atoms with Crippen molar-refractivity contribution < 1.29 is 9.53 Å². The Balaban J connectivity index is 1.92. The lowest BCUT2D eigenvalue weighted by atomic mass is 9.93. The first-order valence-electron chi connectivity index (χ1n) is 8.79. The van der Waals surface area contributed by atoms with Crippen molar-refractivity contribution in [2.75, 3.05) is 14.1 Å². The predicted octanol–water partition coefficient (Wildman–Crippen LogP) is 4.02. The van der Waals surface area contributed by atoms with Gasteiger partial charge in [0, 0.05) is 42.7 Å². The molecule has 0 N–H and O–H groups in total. The molecule has 3 heterocycles. The van der Waals surface area contributed by atoms with E-state index in [2.05, 4.69) is 18.4 Å². The maximum atomic E-state index is 12.8. The van der Waals surface area contributed by atoms with Gasteiger partial charge in [0.25, 0.3) is 5.91 Å². The smallest absolute Gasteiger partial charge is 0.253 e. The van der Waals surface area contributed by atoms with Crippen molar-refractivity contribution in [1.82, 2.24) is 14.5 Å². The minimum absolute atomic E-state index is 0.00997. The fourth-order valence-electron chi connectivity index (χ4n) is 3.68. The van der Waals surface area contributed by atoms with Crippen molar-refractivity contribution in [1.29, 1.82) is 0 Å². The van der Waals surface area contributed by atoms with Crippen molar-refractivity contribution in [2.24, 2.45) is 7.05 Å². The van der Waals surface area contributed by atoms with E-state index in [-0.39, 0.29) is 12.0 Å². The summed E-state index contributed by atoms with van der Waals surface area (Å²) < 4.78 is 8.49. The molecule has 136 valence electrons. The summed E-state index contributed by atoms with van der Waals surface area (Å²) in [5.74, 6) is 1.70. The van der Waals surface area contributed by atoms with Gasteiger partial charge in [-0.2, -0.15) is 0 Å². The van der Waals surface area contributed by atoms with E-state index in [1.54, 1.807) is 30.3 Å². The van der Waals surface area contributed by atoms with E-state index in [9.17, 15) is 4.79 Å². The number of imidazole rings is 1. The van der Waals surface area contributed by atoms with Gasteiger partial charge in [0.15, 0.2) is 5.75 Å². The zero-order valence-electron chi connectivity index (χ0n) is 15.8. The highest BCUT2D eigenvalue weighted by atomic mass is 32.1. The molecule has 0 saturated carbocycles. The predicted molar refractivity (Wildman–Crippen MR) is 104 cm³/mol. The molecule has 1 amide bonds. The first kappa shape index (κ1) is 17.1. The molecule has 1 aromatic carbocycles. The summed E-state index contributed by atoms with van der Waals surface area (Å²) in [7, 11) is 5.55. The van der Waals surface area contributed by atoms with Gasteiger partial charge in [-0.25, -0.2) is 4.98 Å². The molecule has 0 saturated heterocycles. The number of hydrogen-bond donors (Lipinski definition) is 0. The van der Waals surface area contributed by atoms with Crippen LogP contribution in [0, 0.1) is 13.8 Å². The van der Waals surface area contributed by atoms with Crippen molar-refractivity contribution >= 4 is 28.3 Å². The fourth-order valence-corrected chi connectivity index (χ4v) is 4.43. The van der Waals surface area contributed by atoms with Gasteiger partial charge < -0.3 is 14.2 Å². The largest absolute Gasteiger partial charge is 0.483 e. The van der Waals surface area contributed by atoms with Crippen LogP contribution in [0.1, 0.15) is 44.7 Å². The molecule has 5 nitrogen and oxygen atoms in total. The van der Waals surface area contributed by atoms with E-state index in [4.69, 9.17) is 9.72 Å². The Hall–Kier alpha value is -2.34. The molecule has 2 aromatic heterocycles. The lowest BCUT2D eigenvalue weighted by Gasteiger charge is -2.28. The number of aryl methyl sites for hydroxylation is 3. The van der Waals surface area contributed by atoms with Gasteiger partial charge in [-0.05, 0) is 44.2 Å². The van der Waals surface area contributed by atoms with Crippen LogP contribution >= 0.6 is 11.3 Å². The van der Waals surface area contributed by atoms with Gasteiger partial charge in [0.2, 0.25) is 0 Å². The lowest BCUT2D eigenvalue weighted by molar-refractivity contribution is 0.0823. The van der Waals surface area contributed by atoms with E-state index < -0.39 is 0 Å². The van der Waals surface area contributed by atoms with Crippen LogP contribution in [0.4, 0.5) is 0 Å². The molecule has 0 unspecified atom stereocenters. The fraction of sp³-hybridized carbons (Fsp3) is 0.400. The Labute approximate surface area is 157 Å². The van der Waals surface area contributed by atoms with Crippen LogP contribution in [0.3, 0.4) is 0 Å². The summed E-state index contributed by atoms with van der Waals surface area (Å²) in [6.07, 6.45) is 1.70. The summed E-state index contributed by atoms with van der Waals surface area (Å²) in [6.45, 7) is 4.11. The number of carbonyl (C=O) groups is 1. The zero-order chi connectivity index (χ0) is 18.6. The molecule has 0 fully saturated rings. The standard InChI is InChI=1S/C20H23N3O2S/c1-11-13(8-9-26-11)17-7-6-14-15(20(24)22(3)4)10-16-18(19(14)25-17)21-12(2)23(16)5/h8-10,17H,6-7H2,1-5H3/t17-/m0/s1. The number of carbonyl (C=O) groups excluding carboxylic acids is 1. The Morgan fingerprint density at radius 1 is 1.38 bits per heavy atom. The van der Waals surface area contributed by atoms with Gasteiger partial charge in [-0.3, -0.25) is 4.79 Å². The first-order valence-corrected chi connectivity index (χ1v) is 9.67. The van der Waals surface area contributed by atoms with Gasteiger partial charge in [0.05, 0.1) is 5.52 Å². The Kier molecular flexibility index (Phi) is 4.03. The summed E-state index contributed by atoms with van der Waals surface area (Å²) in [4.78, 5) is 20.4. The lowest BCUT2D eigenvalue weighted by Crippen LogP contribution is -2.25. The summed E-state index contributed by atoms with van der Waals surface area (Å²) in [6, 6.07) is 4.11. The van der Waals surface area contributed by atoms with Gasteiger partial charge in [-0.15, -0.1) is 11.3 Å². The van der Waals surface area contributed by atoms with Crippen LogP contribution in [-0.2, 0) is 13.5 Å². The molecule has 4 rings (SSSR count). The molecule has 0 aliphatic carbocycles.